The molecule has 1 heterocycles. The van der Waals surface area contributed by atoms with Gasteiger partial charge in [0.05, 0.1) is 12.1 Å². The fourth-order valence-electron chi connectivity index (χ4n) is 1.44. The summed E-state index contributed by atoms with van der Waals surface area (Å²) in [7, 11) is 0. The number of hydrazine groups is 1. The molecule has 71 valence electrons. The summed E-state index contributed by atoms with van der Waals surface area (Å²) in [6.45, 7) is 0. The van der Waals surface area contributed by atoms with Crippen LogP contribution in [0.2, 0.25) is 0 Å². The van der Waals surface area contributed by atoms with Gasteiger partial charge in [-0.05, 0) is 11.6 Å². The molecule has 0 spiro atoms. The molecule has 4 nitrogen and oxygen atoms in total. The second-order valence-corrected chi connectivity index (χ2v) is 3.04. The fourth-order valence-corrected chi connectivity index (χ4v) is 1.44. The summed E-state index contributed by atoms with van der Waals surface area (Å²) in [5, 5.41) is 4.19. The number of amides is 1. The molecule has 1 amide bonds. The van der Waals surface area contributed by atoms with E-state index in [0.717, 1.165) is 16.8 Å². The van der Waals surface area contributed by atoms with Crippen molar-refractivity contribution >= 4 is 17.2 Å². The van der Waals surface area contributed by atoms with Gasteiger partial charge in [-0.15, -0.1) is 0 Å². The molecule has 1 aliphatic rings. The number of benzene rings is 1. The Balaban J connectivity index is 2.21. The molecule has 3 N–H and O–H groups in total. The SMILES string of the molecule is NNC(=O)CC1=C[N]c2ccccc21. The Kier molecular flexibility index (Phi) is 2.20. The third-order valence-corrected chi connectivity index (χ3v) is 2.12. The van der Waals surface area contributed by atoms with Crippen molar-refractivity contribution in [2.24, 2.45) is 5.84 Å². The molecule has 14 heavy (non-hydrogen) atoms. The van der Waals surface area contributed by atoms with E-state index in [-0.39, 0.29) is 12.3 Å². The number of hydrogen-bond donors (Lipinski definition) is 2. The molecule has 0 fully saturated rings. The van der Waals surface area contributed by atoms with Crippen molar-refractivity contribution in [2.75, 3.05) is 0 Å². The molecule has 2 rings (SSSR count). The first-order valence-corrected chi connectivity index (χ1v) is 4.30. The molecule has 0 unspecified atom stereocenters. The van der Waals surface area contributed by atoms with Gasteiger partial charge < -0.3 is 0 Å². The monoisotopic (exact) mass is 188 g/mol. The van der Waals surface area contributed by atoms with Crippen LogP contribution in [0.25, 0.3) is 5.57 Å². The van der Waals surface area contributed by atoms with E-state index in [4.69, 9.17) is 5.84 Å². The van der Waals surface area contributed by atoms with Crippen molar-refractivity contribution in [1.82, 2.24) is 10.7 Å². The topological polar surface area (TPSA) is 69.2 Å². The molecule has 0 aliphatic carbocycles. The molecule has 1 aromatic carbocycles. The van der Waals surface area contributed by atoms with Crippen molar-refractivity contribution in [2.45, 2.75) is 6.42 Å². The zero-order valence-corrected chi connectivity index (χ0v) is 7.53. The summed E-state index contributed by atoms with van der Waals surface area (Å²) < 4.78 is 0. The number of carbonyl (C=O) groups is 1. The van der Waals surface area contributed by atoms with E-state index >= 15 is 0 Å². The molecule has 1 radical (unpaired) electrons. The molecule has 1 aliphatic heterocycles. The van der Waals surface area contributed by atoms with Gasteiger partial charge >= 0.3 is 0 Å². The molecule has 0 bridgehead atoms. The fraction of sp³-hybridized carbons (Fsp3) is 0.100. The number of fused-ring (bicyclic) bond motifs is 1. The Bertz CT molecular complexity index is 398. The molecule has 0 saturated carbocycles. The van der Waals surface area contributed by atoms with Crippen molar-refractivity contribution in [3.8, 4) is 0 Å². The summed E-state index contributed by atoms with van der Waals surface area (Å²) >= 11 is 0. The molecular formula is C10H10N3O. The first kappa shape index (κ1) is 8.77. The van der Waals surface area contributed by atoms with Gasteiger partial charge in [-0.1, -0.05) is 18.2 Å². The van der Waals surface area contributed by atoms with Crippen LogP contribution in [0.3, 0.4) is 0 Å². The number of hydrogen-bond acceptors (Lipinski definition) is 2. The highest BCUT2D eigenvalue weighted by Crippen LogP contribution is 2.31. The normalized spacial score (nSPS) is 12.8. The highest BCUT2D eigenvalue weighted by Gasteiger charge is 2.16. The lowest BCUT2D eigenvalue weighted by molar-refractivity contribution is -0.120. The lowest BCUT2D eigenvalue weighted by Crippen LogP contribution is -2.29. The largest absolute Gasteiger partial charge is 0.294 e. The minimum atomic E-state index is -0.205. The van der Waals surface area contributed by atoms with Crippen LogP contribution in [-0.4, -0.2) is 5.91 Å². The van der Waals surface area contributed by atoms with Crippen molar-refractivity contribution in [3.05, 3.63) is 36.0 Å². The van der Waals surface area contributed by atoms with Gasteiger partial charge in [0.15, 0.2) is 0 Å². The number of carbonyl (C=O) groups excluding carboxylic acids is 1. The lowest BCUT2D eigenvalue weighted by Gasteiger charge is -2.02. The summed E-state index contributed by atoms with van der Waals surface area (Å²) in [6, 6.07) is 7.70. The van der Waals surface area contributed by atoms with Gasteiger partial charge in [0.25, 0.3) is 0 Å². The smallest absolute Gasteiger partial charge is 0.238 e. The highest BCUT2D eigenvalue weighted by atomic mass is 16.2. The molecule has 0 atom stereocenters. The summed E-state index contributed by atoms with van der Waals surface area (Å²) in [4.78, 5) is 11.1. The van der Waals surface area contributed by atoms with Crippen LogP contribution in [0, 0.1) is 0 Å². The minimum absolute atomic E-state index is 0.205. The Labute approximate surface area is 81.8 Å². The quantitative estimate of drug-likeness (QED) is 0.406. The minimum Gasteiger partial charge on any atom is -0.294 e. The Morgan fingerprint density at radius 3 is 3.00 bits per heavy atom. The maximum atomic E-state index is 11.1. The molecule has 1 aromatic rings. The Hall–Kier alpha value is -1.81. The maximum Gasteiger partial charge on any atom is 0.238 e. The van der Waals surface area contributed by atoms with Crippen LogP contribution in [0.15, 0.2) is 30.5 Å². The van der Waals surface area contributed by atoms with Gasteiger partial charge in [0.1, 0.15) is 0 Å². The van der Waals surface area contributed by atoms with Gasteiger partial charge in [-0.3, -0.25) is 15.5 Å². The van der Waals surface area contributed by atoms with E-state index in [1.165, 1.54) is 0 Å². The third kappa shape index (κ3) is 1.47. The van der Waals surface area contributed by atoms with E-state index in [1.54, 1.807) is 6.20 Å². The predicted molar refractivity (Wildman–Crippen MR) is 53.2 cm³/mol. The van der Waals surface area contributed by atoms with E-state index in [1.807, 2.05) is 24.3 Å². The van der Waals surface area contributed by atoms with Crippen LogP contribution in [-0.2, 0) is 4.79 Å². The van der Waals surface area contributed by atoms with Crippen LogP contribution in [0.4, 0.5) is 5.69 Å². The number of rotatable bonds is 2. The first-order valence-electron chi connectivity index (χ1n) is 4.30. The van der Waals surface area contributed by atoms with Gasteiger partial charge in [0, 0.05) is 11.8 Å². The van der Waals surface area contributed by atoms with Gasteiger partial charge in [-0.2, -0.15) is 0 Å². The standard InChI is InChI=1S/C10H10N3O/c11-13-10(14)5-7-6-12-9-4-2-1-3-8(7)9/h1-4,6H,5,11H2,(H,13,14). The highest BCUT2D eigenvalue weighted by molar-refractivity contribution is 5.92. The number of para-hydroxylation sites is 1. The number of nitrogens with one attached hydrogen (secondary N) is 1. The summed E-state index contributed by atoms with van der Waals surface area (Å²) in [5.74, 6) is 4.81. The van der Waals surface area contributed by atoms with Crippen LogP contribution in [0.5, 0.6) is 0 Å². The third-order valence-electron chi connectivity index (χ3n) is 2.12. The van der Waals surface area contributed by atoms with Crippen molar-refractivity contribution in [3.63, 3.8) is 0 Å². The molecule has 0 saturated heterocycles. The van der Waals surface area contributed by atoms with E-state index in [9.17, 15) is 4.79 Å². The van der Waals surface area contributed by atoms with E-state index < -0.39 is 0 Å². The number of nitrogens with two attached hydrogens (primary N) is 1. The van der Waals surface area contributed by atoms with Crippen LogP contribution >= 0.6 is 0 Å². The van der Waals surface area contributed by atoms with Gasteiger partial charge in [-0.25, -0.2) is 5.84 Å². The molecular weight excluding hydrogens is 178 g/mol. The summed E-state index contributed by atoms with van der Waals surface area (Å²) in [6.07, 6.45) is 1.98. The Morgan fingerprint density at radius 2 is 2.21 bits per heavy atom. The van der Waals surface area contributed by atoms with Crippen LogP contribution in [0.1, 0.15) is 12.0 Å². The average Bonchev–Trinajstić information content (AvgIpc) is 2.62. The second kappa shape index (κ2) is 3.51. The van der Waals surface area contributed by atoms with Gasteiger partial charge in [0.2, 0.25) is 5.91 Å². The molecule has 0 aromatic heterocycles. The zero-order valence-electron chi connectivity index (χ0n) is 7.53. The average molecular weight is 188 g/mol. The first-order chi connectivity index (χ1) is 6.81. The van der Waals surface area contributed by atoms with Crippen LogP contribution < -0.4 is 16.6 Å². The second-order valence-electron chi connectivity index (χ2n) is 3.04. The maximum absolute atomic E-state index is 11.1. The van der Waals surface area contributed by atoms with Crippen molar-refractivity contribution in [1.29, 1.82) is 0 Å². The summed E-state index contributed by atoms with van der Waals surface area (Å²) in [5.41, 5.74) is 4.93. The number of nitrogens with zero attached hydrogens (tertiary/aromatic N) is 1. The lowest BCUT2D eigenvalue weighted by atomic mass is 10.0. The van der Waals surface area contributed by atoms with E-state index in [2.05, 4.69) is 10.7 Å². The zero-order chi connectivity index (χ0) is 9.97. The van der Waals surface area contributed by atoms with E-state index in [0.29, 0.717) is 0 Å². The predicted octanol–water partition coefficient (Wildman–Crippen LogP) is 0.657. The van der Waals surface area contributed by atoms with Crippen molar-refractivity contribution < 1.29 is 4.79 Å². The molecule has 4 heteroatoms. The Morgan fingerprint density at radius 1 is 1.43 bits per heavy atom.